The Hall–Kier alpha value is -0.850. The molecule has 7 heteroatoms. The van der Waals surface area contributed by atoms with Gasteiger partial charge in [-0.15, -0.1) is 0 Å². The van der Waals surface area contributed by atoms with E-state index in [9.17, 15) is 5.11 Å². The molecule has 1 heterocycles. The maximum Gasteiger partial charge on any atom is 0.112 e. The normalized spacial score (nSPS) is 29.1. The molecule has 7 nitrogen and oxygen atoms in total. The van der Waals surface area contributed by atoms with Crippen LogP contribution in [-0.2, 0) is 14.2 Å². The summed E-state index contributed by atoms with van der Waals surface area (Å²) in [6.45, 7) is 5.46. The minimum atomic E-state index is -0.432. The monoisotopic (exact) mass is 301 g/mol. The van der Waals surface area contributed by atoms with E-state index in [4.69, 9.17) is 19.7 Å². The van der Waals surface area contributed by atoms with Gasteiger partial charge in [0.1, 0.15) is 12.2 Å². The first-order chi connectivity index (χ1) is 10.3. The predicted molar refractivity (Wildman–Crippen MR) is 79.1 cm³/mol. The van der Waals surface area contributed by atoms with Crippen molar-refractivity contribution in [2.45, 2.75) is 63.9 Å². The minimum Gasteiger partial charge on any atom is -0.394 e. The first kappa shape index (κ1) is 18.2. The molecule has 0 radical (unpaired) electrons. The molecule has 0 saturated carbocycles. The average Bonchev–Trinajstić information content (AvgIpc) is 2.50. The molecule has 0 bridgehead atoms. The number of rotatable bonds is 10. The van der Waals surface area contributed by atoms with Crippen LogP contribution in [0.3, 0.4) is 0 Å². The lowest BCUT2D eigenvalue weighted by Crippen LogP contribution is -2.55. The summed E-state index contributed by atoms with van der Waals surface area (Å²) in [6.07, 6.45) is 2.73. The number of unbranched alkanes of at least 4 members (excludes halogenated alkanes) is 2. The van der Waals surface area contributed by atoms with Crippen molar-refractivity contribution in [3.05, 3.63) is 10.4 Å². The van der Waals surface area contributed by atoms with Gasteiger partial charge in [-0.05, 0) is 18.4 Å². The first-order valence-electron chi connectivity index (χ1n) is 7.78. The van der Waals surface area contributed by atoms with E-state index in [0.29, 0.717) is 13.2 Å². The number of ether oxygens (including phenoxy) is 3. The van der Waals surface area contributed by atoms with Crippen LogP contribution in [0.5, 0.6) is 0 Å². The van der Waals surface area contributed by atoms with Crippen LogP contribution in [0, 0.1) is 0 Å². The molecule has 0 aromatic rings. The lowest BCUT2D eigenvalue weighted by molar-refractivity contribution is -0.192. The summed E-state index contributed by atoms with van der Waals surface area (Å²) in [5.41, 5.74) is 8.69. The maximum absolute atomic E-state index is 9.46. The van der Waals surface area contributed by atoms with Gasteiger partial charge in [0.2, 0.25) is 0 Å². The Morgan fingerprint density at radius 1 is 1.19 bits per heavy atom. The highest BCUT2D eigenvalue weighted by atomic mass is 16.6. The number of hydrogen-bond acceptors (Lipinski definition) is 5. The fourth-order valence-electron chi connectivity index (χ4n) is 2.30. The fourth-order valence-corrected chi connectivity index (χ4v) is 2.30. The highest BCUT2D eigenvalue weighted by molar-refractivity contribution is 4.93. The van der Waals surface area contributed by atoms with Crippen LogP contribution < -0.4 is 0 Å². The third-order valence-electron chi connectivity index (χ3n) is 3.55. The molecule has 1 rings (SSSR count). The van der Waals surface area contributed by atoms with Gasteiger partial charge in [-0.3, -0.25) is 0 Å². The quantitative estimate of drug-likeness (QED) is 0.290. The van der Waals surface area contributed by atoms with Crippen LogP contribution >= 0.6 is 0 Å². The molecular formula is C14H27N3O4. The summed E-state index contributed by atoms with van der Waals surface area (Å²) in [4.78, 5) is 2.87. The second-order valence-corrected chi connectivity index (χ2v) is 5.20. The molecule has 4 unspecified atom stereocenters. The lowest BCUT2D eigenvalue weighted by atomic mass is 9.98. The van der Waals surface area contributed by atoms with Crippen LogP contribution in [-0.4, -0.2) is 55.9 Å². The Labute approximate surface area is 126 Å². The van der Waals surface area contributed by atoms with Gasteiger partial charge in [-0.1, -0.05) is 31.8 Å². The highest BCUT2D eigenvalue weighted by Crippen LogP contribution is 2.24. The molecule has 1 saturated heterocycles. The zero-order chi connectivity index (χ0) is 15.5. The number of azide groups is 1. The summed E-state index contributed by atoms with van der Waals surface area (Å²) in [5.74, 6) is 0. The summed E-state index contributed by atoms with van der Waals surface area (Å²) in [5, 5.41) is 13.2. The van der Waals surface area contributed by atoms with Gasteiger partial charge >= 0.3 is 0 Å². The van der Waals surface area contributed by atoms with Crippen molar-refractivity contribution in [2.24, 2.45) is 5.11 Å². The zero-order valence-corrected chi connectivity index (χ0v) is 13.0. The summed E-state index contributed by atoms with van der Waals surface area (Å²) < 4.78 is 17.3. The molecule has 0 aromatic heterocycles. The number of aliphatic hydroxyl groups excluding tert-OH is 1. The van der Waals surface area contributed by atoms with E-state index in [0.717, 1.165) is 25.7 Å². The number of aliphatic hydroxyl groups is 1. The molecule has 122 valence electrons. The molecule has 1 fully saturated rings. The molecule has 4 atom stereocenters. The highest BCUT2D eigenvalue weighted by Gasteiger charge is 2.41. The minimum absolute atomic E-state index is 0.132. The van der Waals surface area contributed by atoms with Crippen molar-refractivity contribution in [1.29, 1.82) is 0 Å². The van der Waals surface area contributed by atoms with Crippen LogP contribution in [0.15, 0.2) is 5.11 Å². The van der Waals surface area contributed by atoms with E-state index in [-0.39, 0.29) is 19.3 Å². The third kappa shape index (κ3) is 5.80. The zero-order valence-electron chi connectivity index (χ0n) is 13.0. The van der Waals surface area contributed by atoms with Crippen LogP contribution in [0.2, 0.25) is 0 Å². The van der Waals surface area contributed by atoms with Gasteiger partial charge in [-0.25, -0.2) is 0 Å². The Bertz CT molecular complexity index is 323. The molecule has 1 aliphatic heterocycles. The molecule has 0 spiro atoms. The van der Waals surface area contributed by atoms with E-state index in [1.807, 2.05) is 0 Å². The molecule has 1 aliphatic rings. The van der Waals surface area contributed by atoms with Crippen molar-refractivity contribution < 1.29 is 19.3 Å². The molecule has 1 N–H and O–H groups in total. The van der Waals surface area contributed by atoms with Crippen molar-refractivity contribution >= 4 is 0 Å². The second-order valence-electron chi connectivity index (χ2n) is 5.20. The van der Waals surface area contributed by atoms with E-state index in [1.165, 1.54) is 0 Å². The third-order valence-corrected chi connectivity index (χ3v) is 3.55. The fraction of sp³-hybridized carbons (Fsp3) is 1.00. The summed E-state index contributed by atoms with van der Waals surface area (Å²) in [6, 6.07) is -0.415. The van der Waals surface area contributed by atoms with Gasteiger partial charge < -0.3 is 19.3 Å². The average molecular weight is 301 g/mol. The van der Waals surface area contributed by atoms with Gasteiger partial charge in [0.25, 0.3) is 0 Å². The Morgan fingerprint density at radius 2 is 1.81 bits per heavy atom. The molecule has 0 aliphatic carbocycles. The van der Waals surface area contributed by atoms with E-state index < -0.39 is 18.2 Å². The van der Waals surface area contributed by atoms with E-state index >= 15 is 0 Å². The maximum atomic E-state index is 9.46. The smallest absolute Gasteiger partial charge is 0.112 e. The first-order valence-corrected chi connectivity index (χ1v) is 7.78. The van der Waals surface area contributed by atoms with Gasteiger partial charge in [0.15, 0.2) is 0 Å². The Kier molecular flexibility index (Phi) is 9.37. The van der Waals surface area contributed by atoms with Crippen molar-refractivity contribution in [1.82, 2.24) is 0 Å². The molecule has 0 aromatic carbocycles. The summed E-state index contributed by atoms with van der Waals surface area (Å²) >= 11 is 0. The molecule has 21 heavy (non-hydrogen) atoms. The van der Waals surface area contributed by atoms with Crippen molar-refractivity contribution in [3.63, 3.8) is 0 Å². The van der Waals surface area contributed by atoms with Crippen LogP contribution in [0.1, 0.15) is 39.5 Å². The van der Waals surface area contributed by atoms with Gasteiger partial charge in [0, 0.05) is 18.1 Å². The number of nitrogens with zero attached hydrogens (tertiary/aromatic N) is 3. The lowest BCUT2D eigenvalue weighted by Gasteiger charge is -2.40. The number of hydrogen-bond donors (Lipinski definition) is 1. The Morgan fingerprint density at radius 3 is 2.33 bits per heavy atom. The van der Waals surface area contributed by atoms with Gasteiger partial charge in [0.05, 0.1) is 25.4 Å². The topological polar surface area (TPSA) is 96.7 Å². The van der Waals surface area contributed by atoms with Gasteiger partial charge in [-0.2, -0.15) is 0 Å². The van der Waals surface area contributed by atoms with Crippen LogP contribution in [0.4, 0.5) is 0 Å². The Balaban J connectivity index is 2.74. The predicted octanol–water partition coefficient (Wildman–Crippen LogP) is 2.43. The second kappa shape index (κ2) is 10.8. The van der Waals surface area contributed by atoms with E-state index in [1.54, 1.807) is 0 Å². The standard InChI is InChI=1S/C14H27N3O4/c1-3-5-7-19-13-11(16-17-15)10-21-12(9-18)14(13)20-8-6-4-2/h11-14,18H,3-10H2,1-2H3. The largest absolute Gasteiger partial charge is 0.394 e. The summed E-state index contributed by atoms with van der Waals surface area (Å²) in [7, 11) is 0. The van der Waals surface area contributed by atoms with E-state index in [2.05, 4.69) is 23.9 Å². The SMILES string of the molecule is CCCCOC1C(N=[N+]=[N-])COC(CO)C1OCCCC. The van der Waals surface area contributed by atoms with Crippen molar-refractivity contribution in [2.75, 3.05) is 26.4 Å². The van der Waals surface area contributed by atoms with Crippen molar-refractivity contribution in [3.8, 4) is 0 Å². The van der Waals surface area contributed by atoms with Crippen LogP contribution in [0.25, 0.3) is 10.4 Å². The molecule has 0 amide bonds. The molecular weight excluding hydrogens is 274 g/mol.